The molecule has 0 amide bonds. The van der Waals surface area contributed by atoms with Crippen LogP contribution in [0.4, 0.5) is 0 Å². The van der Waals surface area contributed by atoms with Crippen LogP contribution in [0.3, 0.4) is 0 Å². The van der Waals surface area contributed by atoms with Gasteiger partial charge >= 0.3 is 0 Å². The second-order valence-electron chi connectivity index (χ2n) is 4.29. The minimum atomic E-state index is 0.156. The summed E-state index contributed by atoms with van der Waals surface area (Å²) in [5, 5.41) is 0.323. The Hall–Kier alpha value is -0.870. The first-order chi connectivity index (χ1) is 8.16. The van der Waals surface area contributed by atoms with Gasteiger partial charge in [0.25, 0.3) is 5.88 Å². The lowest BCUT2D eigenvalue weighted by Gasteiger charge is -2.22. The maximum absolute atomic E-state index is 5.98. The average Bonchev–Trinajstić information content (AvgIpc) is 2.33. The van der Waals surface area contributed by atoms with Crippen molar-refractivity contribution in [3.8, 4) is 5.88 Å². The van der Waals surface area contributed by atoms with E-state index in [4.69, 9.17) is 21.1 Å². The molecule has 1 fully saturated rings. The van der Waals surface area contributed by atoms with Crippen molar-refractivity contribution < 1.29 is 9.47 Å². The molecule has 0 aromatic carbocycles. The lowest BCUT2D eigenvalue weighted by Crippen LogP contribution is -2.26. The molecule has 17 heavy (non-hydrogen) atoms. The molecule has 94 valence electrons. The third-order valence-electron chi connectivity index (χ3n) is 2.92. The minimum Gasteiger partial charge on any atom is -0.473 e. The minimum absolute atomic E-state index is 0.156. The average molecular weight is 257 g/mol. The van der Waals surface area contributed by atoms with Crippen LogP contribution in [-0.4, -0.2) is 29.3 Å². The van der Waals surface area contributed by atoms with Crippen LogP contribution in [0.15, 0.2) is 0 Å². The Morgan fingerprint density at radius 1 is 1.29 bits per heavy atom. The third-order valence-corrected chi connectivity index (χ3v) is 3.16. The summed E-state index contributed by atoms with van der Waals surface area (Å²) in [6.07, 6.45) is 3.53. The highest BCUT2D eigenvalue weighted by molar-refractivity contribution is 6.30. The standard InChI is InChI=1S/C12H17ClN2O2/c1-8-9(2)15-12(11(13)14-8)17-7-10-5-3-4-6-16-10/h10H,3-7H2,1-2H3. The summed E-state index contributed by atoms with van der Waals surface area (Å²) in [6, 6.07) is 0. The molecule has 0 bridgehead atoms. The first kappa shape index (κ1) is 12.6. The molecule has 0 aliphatic carbocycles. The Balaban J connectivity index is 1.96. The van der Waals surface area contributed by atoms with Crippen LogP contribution < -0.4 is 4.74 Å². The van der Waals surface area contributed by atoms with Crippen molar-refractivity contribution in [1.29, 1.82) is 0 Å². The monoisotopic (exact) mass is 256 g/mol. The lowest BCUT2D eigenvalue weighted by atomic mass is 10.1. The highest BCUT2D eigenvalue weighted by Gasteiger charge is 2.16. The fraction of sp³-hybridized carbons (Fsp3) is 0.667. The maximum atomic E-state index is 5.98. The SMILES string of the molecule is Cc1nc(Cl)c(OCC2CCCCO2)nc1C. The summed E-state index contributed by atoms with van der Waals surface area (Å²) in [6.45, 7) is 5.09. The third kappa shape index (κ3) is 3.30. The molecule has 0 N–H and O–H groups in total. The number of rotatable bonds is 3. The normalized spacial score (nSPS) is 20.3. The van der Waals surface area contributed by atoms with Gasteiger partial charge in [0.15, 0.2) is 5.15 Å². The highest BCUT2D eigenvalue weighted by Crippen LogP contribution is 2.22. The molecule has 2 heterocycles. The van der Waals surface area contributed by atoms with E-state index in [1.54, 1.807) is 0 Å². The molecule has 1 aliphatic rings. The summed E-state index contributed by atoms with van der Waals surface area (Å²) >= 11 is 5.98. The first-order valence-electron chi connectivity index (χ1n) is 5.92. The van der Waals surface area contributed by atoms with Gasteiger partial charge in [-0.2, -0.15) is 0 Å². The molecule has 2 rings (SSSR count). The van der Waals surface area contributed by atoms with Gasteiger partial charge in [0, 0.05) is 6.61 Å². The number of halogens is 1. The van der Waals surface area contributed by atoms with Crippen molar-refractivity contribution in [1.82, 2.24) is 9.97 Å². The predicted octanol–water partition coefficient (Wildman–Crippen LogP) is 2.69. The van der Waals surface area contributed by atoms with E-state index >= 15 is 0 Å². The smallest absolute Gasteiger partial charge is 0.252 e. The molecule has 1 aromatic heterocycles. The van der Waals surface area contributed by atoms with Crippen molar-refractivity contribution in [2.24, 2.45) is 0 Å². The zero-order valence-corrected chi connectivity index (χ0v) is 11.0. The van der Waals surface area contributed by atoms with Crippen molar-refractivity contribution >= 4 is 11.6 Å². The maximum Gasteiger partial charge on any atom is 0.252 e. The Morgan fingerprint density at radius 3 is 2.76 bits per heavy atom. The van der Waals surface area contributed by atoms with E-state index in [2.05, 4.69) is 9.97 Å². The van der Waals surface area contributed by atoms with Gasteiger partial charge in [-0.1, -0.05) is 11.6 Å². The number of aromatic nitrogens is 2. The van der Waals surface area contributed by atoms with E-state index in [9.17, 15) is 0 Å². The predicted molar refractivity (Wildman–Crippen MR) is 65.6 cm³/mol. The molecule has 0 spiro atoms. The Labute approximate surface area is 106 Å². The lowest BCUT2D eigenvalue weighted by molar-refractivity contribution is -0.0120. The Bertz CT molecular complexity index is 392. The Morgan fingerprint density at radius 2 is 2.06 bits per heavy atom. The molecule has 0 radical (unpaired) electrons. The molecule has 4 nitrogen and oxygen atoms in total. The Kier molecular flexibility index (Phi) is 4.18. The van der Waals surface area contributed by atoms with Gasteiger partial charge in [-0.05, 0) is 33.1 Å². The van der Waals surface area contributed by atoms with E-state index in [1.165, 1.54) is 6.42 Å². The molecule has 1 aliphatic heterocycles. The van der Waals surface area contributed by atoms with Crippen molar-refractivity contribution in [3.05, 3.63) is 16.5 Å². The number of ether oxygens (including phenoxy) is 2. The van der Waals surface area contributed by atoms with Gasteiger partial charge in [0.1, 0.15) is 6.61 Å². The first-order valence-corrected chi connectivity index (χ1v) is 6.30. The largest absolute Gasteiger partial charge is 0.473 e. The van der Waals surface area contributed by atoms with Gasteiger partial charge in [0.2, 0.25) is 0 Å². The van der Waals surface area contributed by atoms with E-state index in [0.717, 1.165) is 30.8 Å². The molecule has 5 heteroatoms. The van der Waals surface area contributed by atoms with Gasteiger partial charge in [-0.15, -0.1) is 0 Å². The second-order valence-corrected chi connectivity index (χ2v) is 4.65. The molecule has 1 unspecified atom stereocenters. The number of nitrogens with zero attached hydrogens (tertiary/aromatic N) is 2. The zero-order valence-electron chi connectivity index (χ0n) is 10.2. The highest BCUT2D eigenvalue weighted by atomic mass is 35.5. The molecule has 1 aromatic rings. The topological polar surface area (TPSA) is 44.2 Å². The van der Waals surface area contributed by atoms with E-state index < -0.39 is 0 Å². The van der Waals surface area contributed by atoms with Crippen molar-refractivity contribution in [2.45, 2.75) is 39.2 Å². The second kappa shape index (κ2) is 5.65. The van der Waals surface area contributed by atoms with Crippen LogP contribution in [0.5, 0.6) is 5.88 Å². The van der Waals surface area contributed by atoms with Gasteiger partial charge in [-0.25, -0.2) is 9.97 Å². The number of aryl methyl sites for hydroxylation is 2. The number of hydrogen-bond acceptors (Lipinski definition) is 4. The fourth-order valence-corrected chi connectivity index (χ4v) is 1.98. The van der Waals surface area contributed by atoms with Crippen LogP contribution in [-0.2, 0) is 4.74 Å². The number of hydrogen-bond donors (Lipinski definition) is 0. The summed E-state index contributed by atoms with van der Waals surface area (Å²) < 4.78 is 11.2. The van der Waals surface area contributed by atoms with Crippen LogP contribution in [0.1, 0.15) is 30.7 Å². The van der Waals surface area contributed by atoms with Crippen LogP contribution in [0.2, 0.25) is 5.15 Å². The van der Waals surface area contributed by atoms with E-state index in [1.807, 2.05) is 13.8 Å². The molecular weight excluding hydrogens is 240 g/mol. The molecule has 0 saturated carbocycles. The summed E-state index contributed by atoms with van der Waals surface area (Å²) in [5.74, 6) is 0.406. The van der Waals surface area contributed by atoms with Crippen LogP contribution >= 0.6 is 11.6 Å². The van der Waals surface area contributed by atoms with Crippen LogP contribution in [0.25, 0.3) is 0 Å². The summed E-state index contributed by atoms with van der Waals surface area (Å²) in [5.41, 5.74) is 1.67. The van der Waals surface area contributed by atoms with E-state index in [-0.39, 0.29) is 6.10 Å². The summed E-state index contributed by atoms with van der Waals surface area (Å²) in [7, 11) is 0. The zero-order chi connectivity index (χ0) is 12.3. The molecular formula is C12H17ClN2O2. The van der Waals surface area contributed by atoms with Crippen molar-refractivity contribution in [3.63, 3.8) is 0 Å². The van der Waals surface area contributed by atoms with Gasteiger partial charge < -0.3 is 9.47 Å². The molecule has 1 atom stereocenters. The summed E-state index contributed by atoms with van der Waals surface area (Å²) in [4.78, 5) is 8.46. The fourth-order valence-electron chi connectivity index (χ4n) is 1.76. The quantitative estimate of drug-likeness (QED) is 0.834. The van der Waals surface area contributed by atoms with Gasteiger partial charge in [-0.3, -0.25) is 0 Å². The van der Waals surface area contributed by atoms with Crippen LogP contribution in [0, 0.1) is 13.8 Å². The van der Waals surface area contributed by atoms with Crippen molar-refractivity contribution in [2.75, 3.05) is 13.2 Å². The molecule has 1 saturated heterocycles. The van der Waals surface area contributed by atoms with Gasteiger partial charge in [0.05, 0.1) is 17.5 Å². The van der Waals surface area contributed by atoms with E-state index in [0.29, 0.717) is 17.6 Å².